The van der Waals surface area contributed by atoms with E-state index in [1.807, 2.05) is 0 Å². The van der Waals surface area contributed by atoms with Gasteiger partial charge in [-0.05, 0) is 124 Å². The summed E-state index contributed by atoms with van der Waals surface area (Å²) in [7, 11) is 0. The first kappa shape index (κ1) is 26.6. The van der Waals surface area contributed by atoms with Gasteiger partial charge in [-0.1, -0.05) is 133 Å². The highest BCUT2D eigenvalue weighted by molar-refractivity contribution is 6.19. The number of benzene rings is 9. The summed E-state index contributed by atoms with van der Waals surface area (Å²) in [4.78, 5) is 0. The fraction of sp³-hybridized carbons (Fsp3) is 0. The maximum atomic E-state index is 6.52. The molecule has 0 N–H and O–H groups in total. The van der Waals surface area contributed by atoms with E-state index >= 15 is 0 Å². The molecular formula is C48H28O. The quantitative estimate of drug-likeness (QED) is 0.192. The fourth-order valence-electron chi connectivity index (χ4n) is 8.25. The molecule has 1 heterocycles. The average Bonchev–Trinajstić information content (AvgIpc) is 3.70. The van der Waals surface area contributed by atoms with Crippen molar-refractivity contribution in [1.82, 2.24) is 0 Å². The molecule has 10 aromatic rings. The van der Waals surface area contributed by atoms with Gasteiger partial charge < -0.3 is 4.42 Å². The molecule has 0 radical (unpaired) electrons. The van der Waals surface area contributed by atoms with Crippen LogP contribution in [0.15, 0.2) is 174 Å². The first-order chi connectivity index (χ1) is 24.3. The van der Waals surface area contributed by atoms with Crippen LogP contribution in [0.2, 0.25) is 0 Å². The second-order valence-corrected chi connectivity index (χ2v) is 13.3. The minimum Gasteiger partial charge on any atom is -0.456 e. The van der Waals surface area contributed by atoms with Crippen molar-refractivity contribution in [1.29, 1.82) is 0 Å². The zero-order chi connectivity index (χ0) is 32.1. The van der Waals surface area contributed by atoms with Crippen LogP contribution in [-0.4, -0.2) is 0 Å². The molecular weight excluding hydrogens is 593 g/mol. The molecule has 0 saturated carbocycles. The molecule has 9 aromatic carbocycles. The molecule has 226 valence electrons. The van der Waals surface area contributed by atoms with Gasteiger partial charge in [-0.3, -0.25) is 0 Å². The third-order valence-electron chi connectivity index (χ3n) is 10.6. The van der Waals surface area contributed by atoms with Crippen LogP contribution < -0.4 is 0 Å². The highest BCUT2D eigenvalue weighted by atomic mass is 16.3. The smallest absolute Gasteiger partial charge is 0.136 e. The Kier molecular flexibility index (Phi) is 5.45. The molecule has 0 spiro atoms. The summed E-state index contributed by atoms with van der Waals surface area (Å²) in [5.41, 5.74) is 14.4. The number of hydrogen-bond acceptors (Lipinski definition) is 1. The van der Waals surface area contributed by atoms with Gasteiger partial charge >= 0.3 is 0 Å². The van der Waals surface area contributed by atoms with Crippen molar-refractivity contribution in [2.45, 2.75) is 0 Å². The van der Waals surface area contributed by atoms with Crippen LogP contribution in [0, 0.1) is 0 Å². The van der Waals surface area contributed by atoms with Crippen LogP contribution in [0.25, 0.3) is 110 Å². The lowest BCUT2D eigenvalue weighted by molar-refractivity contribution is 0.669. The summed E-state index contributed by atoms with van der Waals surface area (Å²) < 4.78 is 6.52. The summed E-state index contributed by atoms with van der Waals surface area (Å²) in [6.45, 7) is 0. The predicted octanol–water partition coefficient (Wildman–Crippen LogP) is 13.7. The van der Waals surface area contributed by atoms with E-state index in [1.54, 1.807) is 0 Å². The van der Waals surface area contributed by atoms with Gasteiger partial charge in [0.15, 0.2) is 0 Å². The Morgan fingerprint density at radius 3 is 1.59 bits per heavy atom. The van der Waals surface area contributed by atoms with Crippen molar-refractivity contribution in [2.75, 3.05) is 0 Å². The topological polar surface area (TPSA) is 13.1 Å². The summed E-state index contributed by atoms with van der Waals surface area (Å²) in [6, 6.07) is 62.0. The van der Waals surface area contributed by atoms with E-state index in [9.17, 15) is 0 Å². The van der Waals surface area contributed by atoms with Crippen LogP contribution in [0.4, 0.5) is 0 Å². The molecule has 1 heteroatoms. The standard InChI is InChI=1S/C48H28O/c1-2-9-36-29(7-1)8-5-12-37(36)35-20-22-42-41-21-19-33(27-46(41)49-47(42)28-35)31-15-16-32-26-34(18-17-30(32)25-31)38-23-24-45-40-11-4-3-10-39(40)44-14-6-13-43(38)48(44)45/h1-28H. The second kappa shape index (κ2) is 10.0. The Hall–Kier alpha value is -6.44. The lowest BCUT2D eigenvalue weighted by Gasteiger charge is -2.11. The van der Waals surface area contributed by atoms with Crippen LogP contribution >= 0.6 is 0 Å². The molecule has 0 atom stereocenters. The summed E-state index contributed by atoms with van der Waals surface area (Å²) >= 11 is 0. The molecule has 11 rings (SSSR count). The summed E-state index contributed by atoms with van der Waals surface area (Å²) in [5.74, 6) is 0. The lowest BCUT2D eigenvalue weighted by Crippen LogP contribution is -1.85. The molecule has 1 nitrogen and oxygen atoms in total. The van der Waals surface area contributed by atoms with Gasteiger partial charge in [0.2, 0.25) is 0 Å². The SMILES string of the molecule is c1ccc2c(c1)-c1cccc3c(-c4ccc5cc(-c6ccc7c(c6)oc6cc(-c8cccc9ccccc89)ccc67)ccc5c4)ccc-2c13. The van der Waals surface area contributed by atoms with Gasteiger partial charge in [-0.25, -0.2) is 0 Å². The van der Waals surface area contributed by atoms with Crippen molar-refractivity contribution < 1.29 is 4.42 Å². The normalized spacial score (nSPS) is 12.1. The molecule has 0 unspecified atom stereocenters. The van der Waals surface area contributed by atoms with E-state index < -0.39 is 0 Å². The first-order valence-corrected chi connectivity index (χ1v) is 16.9. The Labute approximate surface area is 283 Å². The minimum absolute atomic E-state index is 0.909. The van der Waals surface area contributed by atoms with E-state index in [0.29, 0.717) is 0 Å². The van der Waals surface area contributed by atoms with Gasteiger partial charge in [0.1, 0.15) is 11.2 Å². The van der Waals surface area contributed by atoms with Crippen molar-refractivity contribution in [3.8, 4) is 55.6 Å². The molecule has 0 amide bonds. The molecule has 0 bridgehead atoms. The molecule has 0 saturated heterocycles. The number of fused-ring (bicyclic) bond motifs is 8. The average molecular weight is 621 g/mol. The van der Waals surface area contributed by atoms with E-state index in [2.05, 4.69) is 170 Å². The van der Waals surface area contributed by atoms with E-state index in [0.717, 1.165) is 27.5 Å². The zero-order valence-corrected chi connectivity index (χ0v) is 26.6. The lowest BCUT2D eigenvalue weighted by atomic mass is 9.92. The van der Waals surface area contributed by atoms with Crippen molar-refractivity contribution in [3.63, 3.8) is 0 Å². The van der Waals surface area contributed by atoms with E-state index in [1.165, 1.54) is 82.4 Å². The summed E-state index contributed by atoms with van der Waals surface area (Å²) in [6.07, 6.45) is 0. The van der Waals surface area contributed by atoms with Crippen molar-refractivity contribution >= 4 is 54.3 Å². The number of hydrogen-bond donors (Lipinski definition) is 0. The monoisotopic (exact) mass is 620 g/mol. The third kappa shape index (κ3) is 3.94. The minimum atomic E-state index is 0.909. The largest absolute Gasteiger partial charge is 0.456 e. The highest BCUT2D eigenvalue weighted by Crippen LogP contribution is 2.49. The Morgan fingerprint density at radius 1 is 0.265 bits per heavy atom. The highest BCUT2D eigenvalue weighted by Gasteiger charge is 2.22. The molecule has 1 aromatic heterocycles. The second-order valence-electron chi connectivity index (χ2n) is 13.3. The fourth-order valence-corrected chi connectivity index (χ4v) is 8.25. The zero-order valence-electron chi connectivity index (χ0n) is 26.6. The van der Waals surface area contributed by atoms with Crippen LogP contribution in [0.3, 0.4) is 0 Å². The maximum Gasteiger partial charge on any atom is 0.136 e. The first-order valence-electron chi connectivity index (χ1n) is 16.9. The number of rotatable bonds is 3. The predicted molar refractivity (Wildman–Crippen MR) is 207 cm³/mol. The molecule has 49 heavy (non-hydrogen) atoms. The van der Waals surface area contributed by atoms with Crippen LogP contribution in [0.5, 0.6) is 0 Å². The summed E-state index contributed by atoms with van der Waals surface area (Å²) in [5, 5.41) is 9.91. The molecule has 0 aliphatic heterocycles. The number of furan rings is 1. The van der Waals surface area contributed by atoms with Gasteiger partial charge in [0.25, 0.3) is 0 Å². The molecule has 1 aliphatic carbocycles. The van der Waals surface area contributed by atoms with Gasteiger partial charge in [0.05, 0.1) is 0 Å². The van der Waals surface area contributed by atoms with Crippen LogP contribution in [0.1, 0.15) is 0 Å². The Morgan fingerprint density at radius 2 is 0.755 bits per heavy atom. The van der Waals surface area contributed by atoms with Crippen molar-refractivity contribution in [2.24, 2.45) is 0 Å². The van der Waals surface area contributed by atoms with Gasteiger partial charge in [0, 0.05) is 10.8 Å². The van der Waals surface area contributed by atoms with Gasteiger partial charge in [-0.2, -0.15) is 0 Å². The Bertz CT molecular complexity index is 2960. The van der Waals surface area contributed by atoms with Gasteiger partial charge in [-0.15, -0.1) is 0 Å². The maximum absolute atomic E-state index is 6.52. The Balaban J connectivity index is 0.962. The third-order valence-corrected chi connectivity index (χ3v) is 10.6. The van der Waals surface area contributed by atoms with E-state index in [-0.39, 0.29) is 0 Å². The molecule has 0 fully saturated rings. The van der Waals surface area contributed by atoms with Crippen LogP contribution in [-0.2, 0) is 0 Å². The van der Waals surface area contributed by atoms with E-state index in [4.69, 9.17) is 4.42 Å². The van der Waals surface area contributed by atoms with Crippen molar-refractivity contribution in [3.05, 3.63) is 170 Å². The molecule has 1 aliphatic rings.